The van der Waals surface area contributed by atoms with E-state index < -0.39 is 0 Å². The van der Waals surface area contributed by atoms with E-state index in [1.165, 1.54) is 11.1 Å². The molecule has 0 spiro atoms. The Bertz CT molecular complexity index is 955. The van der Waals surface area contributed by atoms with E-state index in [1.54, 1.807) is 0 Å². The van der Waals surface area contributed by atoms with Crippen molar-refractivity contribution in [2.45, 2.75) is 38.4 Å². The van der Waals surface area contributed by atoms with Crippen LogP contribution in [0, 0.1) is 0 Å². The van der Waals surface area contributed by atoms with Crippen molar-refractivity contribution in [3.63, 3.8) is 0 Å². The van der Waals surface area contributed by atoms with Crippen molar-refractivity contribution in [2.75, 3.05) is 25.0 Å². The van der Waals surface area contributed by atoms with Gasteiger partial charge in [-0.15, -0.1) is 0 Å². The van der Waals surface area contributed by atoms with Gasteiger partial charge in [0.1, 0.15) is 6.17 Å². The number of piperidine rings is 1. The number of rotatable bonds is 1. The first-order valence-corrected chi connectivity index (χ1v) is 10.2. The van der Waals surface area contributed by atoms with E-state index in [-0.39, 0.29) is 18.0 Å². The molecule has 0 aliphatic carbocycles. The minimum atomic E-state index is 0.0456. The molecular weight excluding hydrogens is 350 g/mol. The number of amides is 2. The average Bonchev–Trinajstić information content (AvgIpc) is 2.76. The predicted octanol–water partition coefficient (Wildman–Crippen LogP) is 3.29. The second-order valence-corrected chi connectivity index (χ2v) is 8.06. The molecule has 0 bridgehead atoms. The van der Waals surface area contributed by atoms with Crippen LogP contribution in [0.4, 0.5) is 5.69 Å². The lowest BCUT2D eigenvalue weighted by molar-refractivity contribution is 0.0588. The molecule has 1 unspecified atom stereocenters. The molecule has 1 atom stereocenters. The van der Waals surface area contributed by atoms with Crippen LogP contribution in [-0.2, 0) is 13.0 Å². The summed E-state index contributed by atoms with van der Waals surface area (Å²) in [5.74, 6) is 0.146. The molecule has 3 aliphatic heterocycles. The zero-order chi connectivity index (χ0) is 19.3. The number of benzene rings is 2. The Hall–Kier alpha value is -2.82. The molecule has 1 saturated heterocycles. The topological polar surface area (TPSA) is 43.9 Å². The summed E-state index contributed by atoms with van der Waals surface area (Å²) in [7, 11) is 2.04. The number of carbonyl (C=O) groups excluding carboxylic acids is 2. The van der Waals surface area contributed by atoms with Gasteiger partial charge in [0.2, 0.25) is 0 Å². The molecule has 0 radical (unpaired) electrons. The third-order valence-corrected chi connectivity index (χ3v) is 6.45. The quantitative estimate of drug-likeness (QED) is 0.768. The Morgan fingerprint density at radius 3 is 2.71 bits per heavy atom. The van der Waals surface area contributed by atoms with Crippen LogP contribution in [0.5, 0.6) is 0 Å². The molecule has 2 amide bonds. The highest BCUT2D eigenvalue weighted by Gasteiger charge is 2.37. The van der Waals surface area contributed by atoms with E-state index in [1.807, 2.05) is 41.1 Å². The molecule has 28 heavy (non-hydrogen) atoms. The van der Waals surface area contributed by atoms with E-state index in [0.717, 1.165) is 44.5 Å². The molecule has 3 heterocycles. The van der Waals surface area contributed by atoms with Gasteiger partial charge in [0.25, 0.3) is 11.8 Å². The third kappa shape index (κ3) is 2.68. The molecule has 1 fully saturated rings. The summed E-state index contributed by atoms with van der Waals surface area (Å²) in [6, 6.07) is 13.9. The van der Waals surface area contributed by atoms with Crippen molar-refractivity contribution in [1.82, 2.24) is 9.80 Å². The largest absolute Gasteiger partial charge is 0.354 e. The van der Waals surface area contributed by atoms with Crippen LogP contribution in [0.25, 0.3) is 0 Å². The Morgan fingerprint density at radius 2 is 1.86 bits per heavy atom. The molecule has 2 aromatic rings. The van der Waals surface area contributed by atoms with Gasteiger partial charge in [0.15, 0.2) is 0 Å². The molecule has 3 aliphatic rings. The SMILES string of the molecule is CN1c2cc(C(=O)N3CCc4ccccc4C3)ccc2C(=O)N2CCCCC21. The maximum absolute atomic E-state index is 13.2. The zero-order valence-corrected chi connectivity index (χ0v) is 16.2. The predicted molar refractivity (Wildman–Crippen MR) is 108 cm³/mol. The highest BCUT2D eigenvalue weighted by Crippen LogP contribution is 2.35. The number of nitrogens with zero attached hydrogens (tertiary/aromatic N) is 3. The lowest BCUT2D eigenvalue weighted by Crippen LogP contribution is -2.55. The van der Waals surface area contributed by atoms with Crippen molar-refractivity contribution in [3.8, 4) is 0 Å². The van der Waals surface area contributed by atoms with Crippen LogP contribution >= 0.6 is 0 Å². The second kappa shape index (κ2) is 6.66. The van der Waals surface area contributed by atoms with E-state index in [4.69, 9.17) is 0 Å². The molecule has 0 saturated carbocycles. The van der Waals surface area contributed by atoms with Crippen molar-refractivity contribution in [1.29, 1.82) is 0 Å². The minimum Gasteiger partial charge on any atom is -0.354 e. The zero-order valence-electron chi connectivity index (χ0n) is 16.2. The van der Waals surface area contributed by atoms with E-state index in [0.29, 0.717) is 17.7 Å². The summed E-state index contributed by atoms with van der Waals surface area (Å²) in [5.41, 5.74) is 4.82. The lowest BCUT2D eigenvalue weighted by Gasteiger charge is -2.46. The van der Waals surface area contributed by atoms with Crippen LogP contribution in [0.15, 0.2) is 42.5 Å². The average molecular weight is 375 g/mol. The highest BCUT2D eigenvalue weighted by atomic mass is 16.2. The summed E-state index contributed by atoms with van der Waals surface area (Å²) in [4.78, 5) is 32.2. The van der Waals surface area contributed by atoms with Crippen molar-refractivity contribution in [3.05, 3.63) is 64.7 Å². The molecule has 0 N–H and O–H groups in total. The molecule has 2 aromatic carbocycles. The summed E-state index contributed by atoms with van der Waals surface area (Å²) in [6.45, 7) is 2.20. The van der Waals surface area contributed by atoms with Gasteiger partial charge in [-0.05, 0) is 55.0 Å². The summed E-state index contributed by atoms with van der Waals surface area (Å²) >= 11 is 0. The van der Waals surface area contributed by atoms with Gasteiger partial charge in [-0.2, -0.15) is 0 Å². The van der Waals surface area contributed by atoms with Gasteiger partial charge in [0.05, 0.1) is 11.3 Å². The summed E-state index contributed by atoms with van der Waals surface area (Å²) in [5, 5.41) is 0. The molecule has 0 aromatic heterocycles. The normalized spacial score (nSPS) is 21.1. The summed E-state index contributed by atoms with van der Waals surface area (Å²) in [6.07, 6.45) is 4.20. The van der Waals surface area contributed by atoms with Gasteiger partial charge in [-0.25, -0.2) is 0 Å². The lowest BCUT2D eigenvalue weighted by atomic mass is 9.96. The number of hydrogen-bond acceptors (Lipinski definition) is 3. The Balaban J connectivity index is 1.44. The smallest absolute Gasteiger partial charge is 0.257 e. The number of anilines is 1. The van der Waals surface area contributed by atoms with Crippen LogP contribution in [0.1, 0.15) is 51.1 Å². The van der Waals surface area contributed by atoms with E-state index in [2.05, 4.69) is 23.1 Å². The first kappa shape index (κ1) is 17.3. The highest BCUT2D eigenvalue weighted by molar-refractivity contribution is 6.04. The second-order valence-electron chi connectivity index (χ2n) is 8.06. The number of fused-ring (bicyclic) bond motifs is 3. The standard InChI is InChI=1S/C23H25N3O2/c1-24-20-14-17(9-10-19(20)23(28)26-12-5-4-8-21(24)26)22(27)25-13-11-16-6-2-3-7-18(16)15-25/h2-3,6-7,9-10,14,21H,4-5,8,11-13,15H2,1H3. The summed E-state index contributed by atoms with van der Waals surface area (Å²) < 4.78 is 0. The van der Waals surface area contributed by atoms with Crippen LogP contribution < -0.4 is 4.90 Å². The number of carbonyl (C=O) groups is 2. The Kier molecular flexibility index (Phi) is 4.11. The van der Waals surface area contributed by atoms with Crippen LogP contribution in [0.3, 0.4) is 0 Å². The molecular formula is C23H25N3O2. The van der Waals surface area contributed by atoms with Crippen LogP contribution in [0.2, 0.25) is 0 Å². The fourth-order valence-electron chi connectivity index (χ4n) is 4.86. The van der Waals surface area contributed by atoms with Crippen molar-refractivity contribution >= 4 is 17.5 Å². The monoisotopic (exact) mass is 375 g/mol. The fourth-order valence-corrected chi connectivity index (χ4v) is 4.86. The first-order valence-electron chi connectivity index (χ1n) is 10.2. The fraction of sp³-hybridized carbons (Fsp3) is 0.391. The third-order valence-electron chi connectivity index (χ3n) is 6.45. The van der Waals surface area contributed by atoms with E-state index >= 15 is 0 Å². The van der Waals surface area contributed by atoms with Crippen LogP contribution in [-0.4, -0.2) is 47.9 Å². The van der Waals surface area contributed by atoms with Gasteiger partial charge in [0, 0.05) is 32.2 Å². The van der Waals surface area contributed by atoms with Crippen molar-refractivity contribution < 1.29 is 9.59 Å². The van der Waals surface area contributed by atoms with Gasteiger partial charge < -0.3 is 14.7 Å². The van der Waals surface area contributed by atoms with E-state index in [9.17, 15) is 9.59 Å². The van der Waals surface area contributed by atoms with Gasteiger partial charge in [-0.1, -0.05) is 24.3 Å². The maximum Gasteiger partial charge on any atom is 0.257 e. The van der Waals surface area contributed by atoms with Crippen molar-refractivity contribution in [2.24, 2.45) is 0 Å². The molecule has 5 nitrogen and oxygen atoms in total. The Morgan fingerprint density at radius 1 is 1.04 bits per heavy atom. The van der Waals surface area contributed by atoms with Gasteiger partial charge in [-0.3, -0.25) is 9.59 Å². The van der Waals surface area contributed by atoms with Gasteiger partial charge >= 0.3 is 0 Å². The first-order chi connectivity index (χ1) is 13.6. The molecule has 144 valence electrons. The Labute approximate surface area is 165 Å². The molecule has 5 rings (SSSR count). The number of hydrogen-bond donors (Lipinski definition) is 0. The minimum absolute atomic E-state index is 0.0456. The maximum atomic E-state index is 13.2. The molecule has 5 heteroatoms.